The van der Waals surface area contributed by atoms with Crippen LogP contribution >= 0.6 is 0 Å². The zero-order valence-corrected chi connectivity index (χ0v) is 13.1. The predicted octanol–water partition coefficient (Wildman–Crippen LogP) is 0.0582. The van der Waals surface area contributed by atoms with Gasteiger partial charge in [-0.05, 0) is 31.0 Å². The van der Waals surface area contributed by atoms with Crippen LogP contribution in [0.15, 0.2) is 17.0 Å². The summed E-state index contributed by atoms with van der Waals surface area (Å²) in [6.45, 7) is 1.37. The van der Waals surface area contributed by atoms with Crippen LogP contribution in [0.1, 0.15) is 17.5 Å². The molecule has 1 aliphatic rings. The minimum absolute atomic E-state index is 0.0114. The van der Waals surface area contributed by atoms with Crippen molar-refractivity contribution >= 4 is 19.9 Å². The molecule has 1 atom stereocenters. The number of benzene rings is 1. The van der Waals surface area contributed by atoms with Gasteiger partial charge in [0.1, 0.15) is 5.82 Å². The van der Waals surface area contributed by atoms with Crippen LogP contribution in [0.25, 0.3) is 0 Å². The standard InChI is InChI=1S/C12H17FN2O4S2/c1-8-11(13)4-9(6-14)5-12(8)21(18,19)15-10-2-3-20(16,17)7-10/h4-5,10,15H,2-3,6-7,14H2,1H3. The van der Waals surface area contributed by atoms with Crippen molar-refractivity contribution < 1.29 is 21.2 Å². The molecule has 1 aromatic carbocycles. The highest BCUT2D eigenvalue weighted by Crippen LogP contribution is 2.22. The van der Waals surface area contributed by atoms with Crippen molar-refractivity contribution in [2.45, 2.75) is 30.8 Å². The van der Waals surface area contributed by atoms with E-state index in [1.165, 1.54) is 19.1 Å². The Labute approximate surface area is 123 Å². The van der Waals surface area contributed by atoms with E-state index in [4.69, 9.17) is 5.73 Å². The van der Waals surface area contributed by atoms with Gasteiger partial charge in [-0.15, -0.1) is 0 Å². The van der Waals surface area contributed by atoms with Crippen molar-refractivity contribution in [3.63, 3.8) is 0 Å². The molecular weight excluding hydrogens is 319 g/mol. The van der Waals surface area contributed by atoms with Crippen LogP contribution in [0.4, 0.5) is 4.39 Å². The second kappa shape index (κ2) is 5.64. The molecule has 118 valence electrons. The fourth-order valence-electron chi connectivity index (χ4n) is 2.27. The Bertz CT molecular complexity index is 760. The van der Waals surface area contributed by atoms with Crippen molar-refractivity contribution in [2.24, 2.45) is 5.73 Å². The normalized spacial score (nSPS) is 21.6. The van der Waals surface area contributed by atoms with Gasteiger partial charge in [0.2, 0.25) is 10.0 Å². The lowest BCUT2D eigenvalue weighted by Gasteiger charge is -2.14. The number of rotatable bonds is 4. The van der Waals surface area contributed by atoms with E-state index in [2.05, 4.69) is 4.72 Å². The van der Waals surface area contributed by atoms with E-state index >= 15 is 0 Å². The zero-order chi connectivity index (χ0) is 15.8. The molecule has 2 rings (SSSR count). The Morgan fingerprint density at radius 1 is 1.43 bits per heavy atom. The Kier molecular flexibility index (Phi) is 4.39. The lowest BCUT2D eigenvalue weighted by molar-refractivity contribution is 0.557. The number of nitrogens with one attached hydrogen (secondary N) is 1. The Morgan fingerprint density at radius 3 is 2.62 bits per heavy atom. The third kappa shape index (κ3) is 3.60. The number of nitrogens with two attached hydrogens (primary N) is 1. The van der Waals surface area contributed by atoms with Gasteiger partial charge in [-0.2, -0.15) is 0 Å². The lowest BCUT2D eigenvalue weighted by Crippen LogP contribution is -2.36. The molecule has 0 spiro atoms. The molecule has 1 unspecified atom stereocenters. The van der Waals surface area contributed by atoms with Gasteiger partial charge in [0.25, 0.3) is 0 Å². The molecule has 0 amide bonds. The van der Waals surface area contributed by atoms with Gasteiger partial charge in [0.15, 0.2) is 9.84 Å². The van der Waals surface area contributed by atoms with Gasteiger partial charge in [-0.3, -0.25) is 0 Å². The Balaban J connectivity index is 2.34. The lowest BCUT2D eigenvalue weighted by atomic mass is 10.1. The largest absolute Gasteiger partial charge is 0.326 e. The maximum atomic E-state index is 13.8. The Morgan fingerprint density at radius 2 is 2.10 bits per heavy atom. The van der Waals surface area contributed by atoms with Crippen LogP contribution in [-0.2, 0) is 26.4 Å². The second-order valence-corrected chi connectivity index (χ2v) is 9.04. The molecule has 6 nitrogen and oxygen atoms in total. The minimum Gasteiger partial charge on any atom is -0.326 e. The first kappa shape index (κ1) is 16.3. The van der Waals surface area contributed by atoms with Crippen LogP contribution in [0.3, 0.4) is 0 Å². The fourth-order valence-corrected chi connectivity index (χ4v) is 5.63. The van der Waals surface area contributed by atoms with E-state index in [0.717, 1.165) is 0 Å². The van der Waals surface area contributed by atoms with Gasteiger partial charge in [0, 0.05) is 18.2 Å². The third-order valence-corrected chi connectivity index (χ3v) is 6.85. The highest BCUT2D eigenvalue weighted by Gasteiger charge is 2.32. The van der Waals surface area contributed by atoms with Gasteiger partial charge in [0.05, 0.1) is 16.4 Å². The quantitative estimate of drug-likeness (QED) is 0.808. The first-order chi connectivity index (χ1) is 9.64. The molecule has 0 radical (unpaired) electrons. The molecule has 1 aliphatic heterocycles. The summed E-state index contributed by atoms with van der Waals surface area (Å²) < 4.78 is 63.5. The Hall–Kier alpha value is -1.03. The highest BCUT2D eigenvalue weighted by molar-refractivity contribution is 7.92. The van der Waals surface area contributed by atoms with Crippen molar-refractivity contribution in [3.8, 4) is 0 Å². The molecule has 9 heteroatoms. The van der Waals surface area contributed by atoms with E-state index in [0.29, 0.717) is 5.56 Å². The summed E-state index contributed by atoms with van der Waals surface area (Å²) in [4.78, 5) is -0.202. The van der Waals surface area contributed by atoms with E-state index in [9.17, 15) is 21.2 Å². The molecule has 1 saturated heterocycles. The first-order valence-corrected chi connectivity index (χ1v) is 9.67. The topological polar surface area (TPSA) is 106 Å². The van der Waals surface area contributed by atoms with Crippen LogP contribution in [0.2, 0.25) is 0 Å². The number of hydrogen-bond donors (Lipinski definition) is 2. The first-order valence-electron chi connectivity index (χ1n) is 6.36. The van der Waals surface area contributed by atoms with Crippen LogP contribution < -0.4 is 10.5 Å². The molecule has 1 heterocycles. The van der Waals surface area contributed by atoms with E-state index in [-0.39, 0.29) is 34.9 Å². The zero-order valence-electron chi connectivity index (χ0n) is 11.5. The average molecular weight is 336 g/mol. The summed E-state index contributed by atoms with van der Waals surface area (Å²) in [7, 11) is -7.19. The number of hydrogen-bond acceptors (Lipinski definition) is 5. The molecule has 3 N–H and O–H groups in total. The van der Waals surface area contributed by atoms with E-state index in [1.54, 1.807) is 0 Å². The van der Waals surface area contributed by atoms with E-state index in [1.807, 2.05) is 0 Å². The monoisotopic (exact) mass is 336 g/mol. The molecule has 0 saturated carbocycles. The maximum Gasteiger partial charge on any atom is 0.241 e. The predicted molar refractivity (Wildman–Crippen MR) is 76.4 cm³/mol. The number of halogens is 1. The summed E-state index contributed by atoms with van der Waals surface area (Å²) in [6.07, 6.45) is 0.222. The van der Waals surface area contributed by atoms with Gasteiger partial charge in [-0.1, -0.05) is 0 Å². The van der Waals surface area contributed by atoms with E-state index < -0.39 is 31.7 Å². The fraction of sp³-hybridized carbons (Fsp3) is 0.500. The molecular formula is C12H17FN2O4S2. The molecule has 0 aliphatic carbocycles. The summed E-state index contributed by atoms with van der Waals surface area (Å²) in [6, 6.07) is 1.82. The van der Waals surface area contributed by atoms with Crippen molar-refractivity contribution in [2.75, 3.05) is 11.5 Å². The summed E-state index contributed by atoms with van der Waals surface area (Å²) in [5, 5.41) is 0. The highest BCUT2D eigenvalue weighted by atomic mass is 32.2. The van der Waals surface area contributed by atoms with Gasteiger partial charge >= 0.3 is 0 Å². The second-order valence-electron chi connectivity index (χ2n) is 5.13. The van der Waals surface area contributed by atoms with Crippen LogP contribution in [0, 0.1) is 12.7 Å². The van der Waals surface area contributed by atoms with Gasteiger partial charge in [-0.25, -0.2) is 25.9 Å². The summed E-state index contributed by atoms with van der Waals surface area (Å²) >= 11 is 0. The average Bonchev–Trinajstić information content (AvgIpc) is 2.70. The van der Waals surface area contributed by atoms with Crippen LogP contribution in [0.5, 0.6) is 0 Å². The van der Waals surface area contributed by atoms with Gasteiger partial charge < -0.3 is 5.73 Å². The molecule has 0 bridgehead atoms. The smallest absolute Gasteiger partial charge is 0.241 e. The van der Waals surface area contributed by atoms with Crippen molar-refractivity contribution in [1.29, 1.82) is 0 Å². The van der Waals surface area contributed by atoms with Crippen molar-refractivity contribution in [3.05, 3.63) is 29.1 Å². The number of sulfonamides is 1. The molecule has 21 heavy (non-hydrogen) atoms. The number of sulfone groups is 1. The maximum absolute atomic E-state index is 13.8. The SMILES string of the molecule is Cc1c(F)cc(CN)cc1S(=O)(=O)NC1CCS(=O)(=O)C1. The summed E-state index contributed by atoms with van der Waals surface area (Å²) in [5.74, 6) is -0.932. The summed E-state index contributed by atoms with van der Waals surface area (Å²) in [5.41, 5.74) is 5.76. The van der Waals surface area contributed by atoms with Crippen LogP contribution in [-0.4, -0.2) is 34.4 Å². The minimum atomic E-state index is -3.99. The molecule has 0 aromatic heterocycles. The third-order valence-electron chi connectivity index (χ3n) is 3.44. The molecule has 1 fully saturated rings. The van der Waals surface area contributed by atoms with Crippen molar-refractivity contribution in [1.82, 2.24) is 4.72 Å². The molecule has 1 aromatic rings.